The third-order valence-corrected chi connectivity index (χ3v) is 3.96. The Bertz CT molecular complexity index is 316. The van der Waals surface area contributed by atoms with E-state index in [-0.39, 0.29) is 11.7 Å². The van der Waals surface area contributed by atoms with E-state index >= 15 is 0 Å². The number of fused-ring (bicyclic) bond motifs is 2. The highest BCUT2D eigenvalue weighted by Gasteiger charge is 2.56. The van der Waals surface area contributed by atoms with Crippen LogP contribution in [0.25, 0.3) is 0 Å². The van der Waals surface area contributed by atoms with Crippen LogP contribution in [0.4, 0.5) is 0 Å². The molecule has 0 radical (unpaired) electrons. The SMILES string of the molecule is O=C1C=CC2C3CCC(=O)C2C3C1. The summed E-state index contributed by atoms with van der Waals surface area (Å²) in [5.74, 6) is 2.28. The monoisotopic (exact) mass is 176 g/mol. The summed E-state index contributed by atoms with van der Waals surface area (Å²) in [4.78, 5) is 22.8. The summed E-state index contributed by atoms with van der Waals surface area (Å²) in [5.41, 5.74) is 0. The molecule has 68 valence electrons. The predicted molar refractivity (Wildman–Crippen MR) is 47.0 cm³/mol. The smallest absolute Gasteiger partial charge is 0.155 e. The van der Waals surface area contributed by atoms with Gasteiger partial charge in [0.1, 0.15) is 5.78 Å². The summed E-state index contributed by atoms with van der Waals surface area (Å²) >= 11 is 0. The summed E-state index contributed by atoms with van der Waals surface area (Å²) in [6, 6.07) is 0. The molecule has 0 saturated heterocycles. The molecule has 2 nitrogen and oxygen atoms in total. The molecule has 2 heteroatoms. The lowest BCUT2D eigenvalue weighted by atomic mass is 9.49. The molecule has 4 aliphatic carbocycles. The van der Waals surface area contributed by atoms with Crippen molar-refractivity contribution in [3.63, 3.8) is 0 Å². The molecule has 4 rings (SSSR count). The highest BCUT2D eigenvalue weighted by Crippen LogP contribution is 2.56. The van der Waals surface area contributed by atoms with Crippen LogP contribution in [0.1, 0.15) is 19.3 Å². The van der Waals surface area contributed by atoms with Gasteiger partial charge < -0.3 is 0 Å². The lowest BCUT2D eigenvalue weighted by Gasteiger charge is -2.53. The number of Topliss-reactive ketones (excluding diaryl/α,β-unsaturated/α-hetero) is 1. The van der Waals surface area contributed by atoms with Crippen molar-refractivity contribution in [2.24, 2.45) is 23.7 Å². The van der Waals surface area contributed by atoms with Gasteiger partial charge in [-0.15, -0.1) is 0 Å². The largest absolute Gasteiger partial charge is 0.299 e. The lowest BCUT2D eigenvalue weighted by molar-refractivity contribution is -0.145. The maximum absolute atomic E-state index is 11.6. The van der Waals surface area contributed by atoms with Crippen LogP contribution in [-0.2, 0) is 9.59 Å². The van der Waals surface area contributed by atoms with E-state index in [1.807, 2.05) is 6.08 Å². The fourth-order valence-electron chi connectivity index (χ4n) is 3.35. The first-order chi connectivity index (χ1) is 6.27. The molecular weight excluding hydrogens is 164 g/mol. The summed E-state index contributed by atoms with van der Waals surface area (Å²) in [5, 5.41) is 0. The number of allylic oxidation sites excluding steroid dienone is 2. The Balaban J connectivity index is 1.97. The molecule has 13 heavy (non-hydrogen) atoms. The second kappa shape index (κ2) is 2.31. The Kier molecular flexibility index (Phi) is 1.33. The Labute approximate surface area is 77.0 Å². The molecule has 0 amide bonds. The van der Waals surface area contributed by atoms with Crippen LogP contribution in [0, 0.1) is 23.7 Å². The van der Waals surface area contributed by atoms with Crippen LogP contribution in [-0.4, -0.2) is 11.6 Å². The average molecular weight is 176 g/mol. The van der Waals surface area contributed by atoms with Gasteiger partial charge in [-0.1, -0.05) is 6.08 Å². The molecule has 0 heterocycles. The summed E-state index contributed by atoms with van der Waals surface area (Å²) in [6.07, 6.45) is 6.06. The highest BCUT2D eigenvalue weighted by molar-refractivity contribution is 5.93. The summed E-state index contributed by atoms with van der Waals surface area (Å²) < 4.78 is 0. The molecule has 0 spiro atoms. The van der Waals surface area contributed by atoms with Crippen molar-refractivity contribution in [3.8, 4) is 0 Å². The third-order valence-electron chi connectivity index (χ3n) is 3.96. The summed E-state index contributed by atoms with van der Waals surface area (Å²) in [6.45, 7) is 0. The van der Waals surface area contributed by atoms with Crippen LogP contribution in [0.3, 0.4) is 0 Å². The van der Waals surface area contributed by atoms with Gasteiger partial charge in [0.15, 0.2) is 5.78 Å². The minimum atomic E-state index is 0.210. The molecular formula is C11H12O2. The van der Waals surface area contributed by atoms with Crippen molar-refractivity contribution >= 4 is 11.6 Å². The van der Waals surface area contributed by atoms with Crippen LogP contribution in [0.15, 0.2) is 12.2 Å². The van der Waals surface area contributed by atoms with Crippen LogP contribution >= 0.6 is 0 Å². The van der Waals surface area contributed by atoms with Gasteiger partial charge in [0, 0.05) is 18.8 Å². The quantitative estimate of drug-likeness (QED) is 0.558. The van der Waals surface area contributed by atoms with E-state index in [1.54, 1.807) is 6.08 Å². The van der Waals surface area contributed by atoms with Gasteiger partial charge in [-0.05, 0) is 30.3 Å². The zero-order valence-corrected chi connectivity index (χ0v) is 7.40. The number of carbonyl (C=O) groups is 2. The second-order valence-corrected chi connectivity index (χ2v) is 4.47. The number of hydrogen-bond acceptors (Lipinski definition) is 2. The molecule has 2 saturated carbocycles. The Morgan fingerprint density at radius 3 is 2.85 bits per heavy atom. The van der Waals surface area contributed by atoms with E-state index in [4.69, 9.17) is 0 Å². The van der Waals surface area contributed by atoms with Gasteiger partial charge >= 0.3 is 0 Å². The minimum absolute atomic E-state index is 0.210. The van der Waals surface area contributed by atoms with E-state index in [0.29, 0.717) is 30.0 Å². The molecule has 2 fully saturated rings. The molecule has 0 N–H and O–H groups in total. The first kappa shape index (κ1) is 7.48. The van der Waals surface area contributed by atoms with E-state index in [1.165, 1.54) is 0 Å². The fraction of sp³-hybridized carbons (Fsp3) is 0.636. The van der Waals surface area contributed by atoms with Gasteiger partial charge in [-0.25, -0.2) is 0 Å². The molecule has 0 aromatic heterocycles. The average Bonchev–Trinajstić information content (AvgIpc) is 2.35. The fourth-order valence-corrected chi connectivity index (χ4v) is 3.35. The zero-order chi connectivity index (χ0) is 9.00. The van der Waals surface area contributed by atoms with Gasteiger partial charge in [0.2, 0.25) is 0 Å². The van der Waals surface area contributed by atoms with Gasteiger partial charge in [-0.2, -0.15) is 0 Å². The predicted octanol–water partition coefficient (Wildman–Crippen LogP) is 1.36. The molecule has 4 atom stereocenters. The van der Waals surface area contributed by atoms with E-state index < -0.39 is 0 Å². The molecule has 0 aromatic rings. The van der Waals surface area contributed by atoms with E-state index in [0.717, 1.165) is 12.8 Å². The van der Waals surface area contributed by atoms with Gasteiger partial charge in [-0.3, -0.25) is 9.59 Å². The van der Waals surface area contributed by atoms with Crippen LogP contribution < -0.4 is 0 Å². The third kappa shape index (κ3) is 0.835. The zero-order valence-electron chi connectivity index (χ0n) is 7.40. The van der Waals surface area contributed by atoms with E-state index in [2.05, 4.69) is 0 Å². The van der Waals surface area contributed by atoms with E-state index in [9.17, 15) is 9.59 Å². The Hall–Kier alpha value is -0.920. The van der Waals surface area contributed by atoms with Crippen LogP contribution in [0.2, 0.25) is 0 Å². The standard InChI is InChI=1S/C11H12O2/c12-6-1-2-8-7-3-4-10(13)11(8)9(7)5-6/h1-2,7-9,11H,3-5H2. The first-order valence-electron chi connectivity index (χ1n) is 5.01. The Morgan fingerprint density at radius 1 is 1.23 bits per heavy atom. The van der Waals surface area contributed by atoms with Gasteiger partial charge in [0.25, 0.3) is 0 Å². The van der Waals surface area contributed by atoms with Crippen molar-refractivity contribution in [1.29, 1.82) is 0 Å². The minimum Gasteiger partial charge on any atom is -0.299 e. The normalized spacial score (nSPS) is 47.1. The van der Waals surface area contributed by atoms with Crippen molar-refractivity contribution in [2.75, 3.05) is 0 Å². The van der Waals surface area contributed by atoms with Crippen molar-refractivity contribution in [3.05, 3.63) is 12.2 Å². The van der Waals surface area contributed by atoms with Crippen molar-refractivity contribution < 1.29 is 9.59 Å². The number of ketones is 2. The molecule has 4 aliphatic rings. The second-order valence-electron chi connectivity index (χ2n) is 4.47. The number of rotatable bonds is 0. The molecule has 0 aliphatic heterocycles. The topological polar surface area (TPSA) is 34.1 Å². The van der Waals surface area contributed by atoms with Crippen molar-refractivity contribution in [1.82, 2.24) is 0 Å². The first-order valence-corrected chi connectivity index (χ1v) is 5.01. The van der Waals surface area contributed by atoms with Crippen molar-refractivity contribution in [2.45, 2.75) is 19.3 Å². The molecule has 4 unspecified atom stereocenters. The maximum atomic E-state index is 11.6. The molecule has 4 bridgehead atoms. The lowest BCUT2D eigenvalue weighted by Crippen LogP contribution is -2.53. The highest BCUT2D eigenvalue weighted by atomic mass is 16.1. The summed E-state index contributed by atoms with van der Waals surface area (Å²) in [7, 11) is 0. The number of carbonyl (C=O) groups excluding carboxylic acids is 2. The van der Waals surface area contributed by atoms with Crippen LogP contribution in [0.5, 0.6) is 0 Å². The number of hydrogen-bond donors (Lipinski definition) is 0. The Morgan fingerprint density at radius 2 is 2.08 bits per heavy atom. The maximum Gasteiger partial charge on any atom is 0.155 e. The molecule has 0 aromatic carbocycles. The van der Waals surface area contributed by atoms with Gasteiger partial charge in [0.05, 0.1) is 0 Å².